The molecule has 6 nitrogen and oxygen atoms in total. The van der Waals surface area contributed by atoms with E-state index in [2.05, 4.69) is 212 Å². The largest absolute Gasteiger partial charge is 0.278 e. The Labute approximate surface area is 321 Å². The average Bonchev–Trinajstić information content (AvgIpc) is 4.00. The van der Waals surface area contributed by atoms with Crippen LogP contribution < -0.4 is 0 Å². The van der Waals surface area contributed by atoms with Crippen LogP contribution in [-0.4, -0.2) is 27.9 Å². The van der Waals surface area contributed by atoms with Crippen LogP contribution in [-0.2, 0) is 0 Å². The molecule has 56 heavy (non-hydrogen) atoms. The van der Waals surface area contributed by atoms with E-state index in [0.717, 1.165) is 89.3 Å². The Morgan fingerprint density at radius 3 is 1.20 bits per heavy atom. The number of nitrogens with zero attached hydrogens (tertiary/aromatic N) is 6. The van der Waals surface area contributed by atoms with Gasteiger partial charge < -0.3 is 0 Å². The first kappa shape index (κ1) is 30.7. The van der Waals surface area contributed by atoms with Crippen LogP contribution in [0.3, 0.4) is 0 Å². The molecule has 0 aliphatic carbocycles. The first-order valence-electron chi connectivity index (χ1n) is 18.9. The number of hydrogen-bond donors (Lipinski definition) is 0. The summed E-state index contributed by atoms with van der Waals surface area (Å²) in [6.45, 7) is 0. The highest BCUT2D eigenvalue weighted by atomic mass is 15.2. The van der Waals surface area contributed by atoms with E-state index >= 15 is 0 Å². The molecule has 0 spiro atoms. The fraction of sp³-hybridized carbons (Fsp3) is 0. The molecule has 0 atom stereocenters. The number of benzene rings is 8. The molecule has 262 valence electrons. The molecule has 4 heterocycles. The summed E-state index contributed by atoms with van der Waals surface area (Å²) in [4.78, 5) is 10.4. The van der Waals surface area contributed by atoms with Gasteiger partial charge in [-0.3, -0.25) is 17.9 Å². The molecular weight excluding hydrogens is 685 g/mol. The van der Waals surface area contributed by atoms with Crippen molar-refractivity contribution in [3.05, 3.63) is 194 Å². The van der Waals surface area contributed by atoms with Gasteiger partial charge in [-0.25, -0.2) is 9.97 Å². The predicted octanol–water partition coefficient (Wildman–Crippen LogP) is 12.2. The van der Waals surface area contributed by atoms with E-state index in [1.54, 1.807) is 0 Å². The van der Waals surface area contributed by atoms with E-state index in [9.17, 15) is 0 Å². The summed E-state index contributed by atoms with van der Waals surface area (Å²) in [6.07, 6.45) is 0. The van der Waals surface area contributed by atoms with Gasteiger partial charge in [0.2, 0.25) is 11.6 Å². The van der Waals surface area contributed by atoms with Crippen molar-refractivity contribution in [2.45, 2.75) is 0 Å². The molecule has 0 saturated carbocycles. The lowest BCUT2D eigenvalue weighted by Gasteiger charge is -2.13. The molecule has 0 aliphatic heterocycles. The van der Waals surface area contributed by atoms with E-state index in [1.807, 2.05) is 0 Å². The third-order valence-electron chi connectivity index (χ3n) is 11.1. The Balaban J connectivity index is 1.11. The molecule has 0 saturated heterocycles. The number of fused-ring (bicyclic) bond motifs is 10. The maximum Gasteiger partial charge on any atom is 0.220 e. The molecule has 0 N–H and O–H groups in total. The minimum atomic E-state index is 0.879. The maximum absolute atomic E-state index is 5.28. The molecule has 0 bridgehead atoms. The van der Waals surface area contributed by atoms with E-state index in [1.165, 1.54) is 11.1 Å². The van der Waals surface area contributed by atoms with Crippen molar-refractivity contribution >= 4 is 55.7 Å². The molecular formula is C50H32N6. The quantitative estimate of drug-likeness (QED) is 0.178. The van der Waals surface area contributed by atoms with Crippen LogP contribution in [0.1, 0.15) is 0 Å². The highest BCUT2D eigenvalue weighted by molar-refractivity contribution is 5.97. The van der Waals surface area contributed by atoms with Gasteiger partial charge in [0, 0.05) is 5.69 Å². The van der Waals surface area contributed by atoms with Crippen LogP contribution in [0, 0.1) is 0 Å². The van der Waals surface area contributed by atoms with Gasteiger partial charge in [0.15, 0.2) is 0 Å². The fourth-order valence-corrected chi connectivity index (χ4v) is 8.58. The van der Waals surface area contributed by atoms with Crippen LogP contribution in [0.5, 0.6) is 0 Å². The summed E-state index contributed by atoms with van der Waals surface area (Å²) in [5.41, 5.74) is 17.6. The highest BCUT2D eigenvalue weighted by Gasteiger charge is 2.21. The Morgan fingerprint density at radius 1 is 0.268 bits per heavy atom. The number of imidazole rings is 4. The van der Waals surface area contributed by atoms with Gasteiger partial charge in [0.25, 0.3) is 0 Å². The van der Waals surface area contributed by atoms with Gasteiger partial charge in [-0.1, -0.05) is 115 Å². The standard InChI is InChI=1S/C50H32N6/c1-4-14-33(15-5-1)37-28-38(34-16-6-2-7-17-34)30-40(29-37)54-46-27-25-36(32-48(46)56-44-23-13-11-21-42(44)52-50(54)56)35-24-26-45-47(31-35)55-43-22-12-10-20-41(43)51-49(55)53(45)39-18-8-3-9-19-39/h1-32H. The summed E-state index contributed by atoms with van der Waals surface area (Å²) >= 11 is 0. The van der Waals surface area contributed by atoms with Crippen molar-refractivity contribution in [1.29, 1.82) is 0 Å². The molecule has 0 fully saturated rings. The number of rotatable bonds is 5. The van der Waals surface area contributed by atoms with E-state index in [0.29, 0.717) is 0 Å². The third kappa shape index (κ3) is 4.56. The highest BCUT2D eigenvalue weighted by Crippen LogP contribution is 2.37. The van der Waals surface area contributed by atoms with Crippen molar-refractivity contribution < 1.29 is 0 Å². The molecule has 8 aromatic carbocycles. The Morgan fingerprint density at radius 2 is 0.696 bits per heavy atom. The van der Waals surface area contributed by atoms with Gasteiger partial charge in [0.1, 0.15) is 0 Å². The maximum atomic E-state index is 5.28. The molecule has 0 amide bonds. The summed E-state index contributed by atoms with van der Waals surface area (Å²) in [5.74, 6) is 1.78. The molecule has 12 rings (SSSR count). The SMILES string of the molecule is c1ccc(-c2cc(-c3ccccc3)cc(-n3c4ccc(-c5ccc6c(c5)n5c7ccccc7nc5n6-c5ccccc5)cc4n4c5ccccc5nc34)c2)cc1. The molecule has 6 heteroatoms. The van der Waals surface area contributed by atoms with Crippen molar-refractivity contribution in [3.8, 4) is 44.8 Å². The summed E-state index contributed by atoms with van der Waals surface area (Å²) in [7, 11) is 0. The Hall–Kier alpha value is -7.70. The van der Waals surface area contributed by atoms with Crippen molar-refractivity contribution in [2.24, 2.45) is 0 Å². The van der Waals surface area contributed by atoms with Crippen LogP contribution in [0.15, 0.2) is 194 Å². The number of hydrogen-bond acceptors (Lipinski definition) is 2. The van der Waals surface area contributed by atoms with Crippen molar-refractivity contribution in [3.63, 3.8) is 0 Å². The second-order valence-electron chi connectivity index (χ2n) is 14.4. The van der Waals surface area contributed by atoms with Crippen molar-refractivity contribution in [2.75, 3.05) is 0 Å². The van der Waals surface area contributed by atoms with E-state index in [4.69, 9.17) is 9.97 Å². The first-order valence-corrected chi connectivity index (χ1v) is 18.9. The lowest BCUT2D eigenvalue weighted by molar-refractivity contribution is 1.11. The number of para-hydroxylation sites is 5. The monoisotopic (exact) mass is 716 g/mol. The topological polar surface area (TPSA) is 44.5 Å². The normalized spacial score (nSPS) is 11.9. The zero-order chi connectivity index (χ0) is 36.7. The lowest BCUT2D eigenvalue weighted by atomic mass is 9.98. The number of aromatic nitrogens is 6. The van der Waals surface area contributed by atoms with E-state index < -0.39 is 0 Å². The molecule has 12 aromatic rings. The van der Waals surface area contributed by atoms with Gasteiger partial charge >= 0.3 is 0 Å². The Bertz CT molecular complexity index is 3400. The first-order chi connectivity index (χ1) is 27.8. The van der Waals surface area contributed by atoms with Crippen molar-refractivity contribution in [1.82, 2.24) is 27.9 Å². The average molecular weight is 717 g/mol. The fourth-order valence-electron chi connectivity index (χ4n) is 8.58. The van der Waals surface area contributed by atoms with Gasteiger partial charge in [-0.05, 0) is 112 Å². The molecule has 4 aromatic heterocycles. The third-order valence-corrected chi connectivity index (χ3v) is 11.1. The summed E-state index contributed by atoms with van der Waals surface area (Å²) in [6, 6.07) is 69.1. The van der Waals surface area contributed by atoms with Gasteiger partial charge in [0.05, 0.1) is 49.8 Å². The van der Waals surface area contributed by atoms with Crippen LogP contribution in [0.2, 0.25) is 0 Å². The summed E-state index contributed by atoms with van der Waals surface area (Å²) in [5, 5.41) is 0. The Kier molecular flexibility index (Phi) is 6.53. The van der Waals surface area contributed by atoms with Crippen LogP contribution >= 0.6 is 0 Å². The molecule has 0 aliphatic rings. The van der Waals surface area contributed by atoms with Gasteiger partial charge in [-0.2, -0.15) is 0 Å². The van der Waals surface area contributed by atoms with Crippen LogP contribution in [0.25, 0.3) is 100 Å². The predicted molar refractivity (Wildman–Crippen MR) is 229 cm³/mol. The van der Waals surface area contributed by atoms with Gasteiger partial charge in [-0.15, -0.1) is 0 Å². The second kappa shape index (κ2) is 11.9. The lowest BCUT2D eigenvalue weighted by Crippen LogP contribution is -1.97. The second-order valence-corrected chi connectivity index (χ2v) is 14.4. The van der Waals surface area contributed by atoms with E-state index in [-0.39, 0.29) is 0 Å². The molecule has 0 unspecified atom stereocenters. The smallest absolute Gasteiger partial charge is 0.220 e. The zero-order valence-corrected chi connectivity index (χ0v) is 30.2. The van der Waals surface area contributed by atoms with Crippen LogP contribution in [0.4, 0.5) is 0 Å². The minimum absolute atomic E-state index is 0.879. The summed E-state index contributed by atoms with van der Waals surface area (Å²) < 4.78 is 9.19. The minimum Gasteiger partial charge on any atom is -0.278 e. The molecule has 0 radical (unpaired) electrons. The zero-order valence-electron chi connectivity index (χ0n) is 30.2.